The molecule has 0 unspecified atom stereocenters. The first-order valence-corrected chi connectivity index (χ1v) is 3.08. The Morgan fingerprint density at radius 3 is 2.64 bits per heavy atom. The third-order valence-corrected chi connectivity index (χ3v) is 1.28. The van der Waals surface area contributed by atoms with Gasteiger partial charge in [-0.2, -0.15) is 0 Å². The van der Waals surface area contributed by atoms with Crippen molar-refractivity contribution in [3.8, 4) is 12.3 Å². The van der Waals surface area contributed by atoms with Crippen molar-refractivity contribution in [2.24, 2.45) is 0 Å². The Balaban J connectivity index is 3.15. The number of benzene rings is 1. The lowest BCUT2D eigenvalue weighted by Crippen LogP contribution is -1.84. The summed E-state index contributed by atoms with van der Waals surface area (Å²) in [6.07, 6.45) is 5.00. The molecule has 11 heavy (non-hydrogen) atoms. The molecule has 0 N–H and O–H groups in total. The number of terminal acetylenes is 1. The molecular weight excluding hydrogens is 146 g/mol. The second kappa shape index (κ2) is 3.16. The molecule has 0 saturated carbocycles. The SMILES string of the molecule is C#Cc1cc(F)cc(CF)c1. The summed E-state index contributed by atoms with van der Waals surface area (Å²) in [5, 5.41) is 0. The van der Waals surface area contributed by atoms with Crippen molar-refractivity contribution in [1.29, 1.82) is 0 Å². The molecule has 0 spiro atoms. The van der Waals surface area contributed by atoms with Gasteiger partial charge in [0.1, 0.15) is 12.5 Å². The molecule has 0 saturated heterocycles. The van der Waals surface area contributed by atoms with E-state index in [0.29, 0.717) is 5.56 Å². The van der Waals surface area contributed by atoms with Crippen LogP contribution in [0.5, 0.6) is 0 Å². The Labute approximate surface area is 63.9 Å². The van der Waals surface area contributed by atoms with Gasteiger partial charge < -0.3 is 0 Å². The third-order valence-electron chi connectivity index (χ3n) is 1.28. The van der Waals surface area contributed by atoms with Crippen LogP contribution in [0.4, 0.5) is 8.78 Å². The van der Waals surface area contributed by atoms with Crippen LogP contribution >= 0.6 is 0 Å². The standard InChI is InChI=1S/C9H6F2/c1-2-7-3-8(6-10)5-9(11)4-7/h1,3-5H,6H2. The molecule has 56 valence electrons. The summed E-state index contributed by atoms with van der Waals surface area (Å²) in [4.78, 5) is 0. The van der Waals surface area contributed by atoms with Crippen LogP contribution < -0.4 is 0 Å². The predicted octanol–water partition coefficient (Wildman–Crippen LogP) is 2.28. The topological polar surface area (TPSA) is 0 Å². The van der Waals surface area contributed by atoms with Gasteiger partial charge in [0.15, 0.2) is 0 Å². The zero-order chi connectivity index (χ0) is 8.27. The lowest BCUT2D eigenvalue weighted by Gasteiger charge is -1.95. The molecule has 0 fully saturated rings. The van der Waals surface area contributed by atoms with Gasteiger partial charge in [-0.05, 0) is 23.8 Å². The summed E-state index contributed by atoms with van der Waals surface area (Å²) in [6, 6.07) is 3.77. The minimum Gasteiger partial charge on any atom is -0.246 e. The van der Waals surface area contributed by atoms with Gasteiger partial charge in [-0.1, -0.05) is 5.92 Å². The quantitative estimate of drug-likeness (QED) is 0.541. The molecule has 0 aliphatic rings. The molecule has 1 rings (SSSR count). The normalized spacial score (nSPS) is 9.18. The highest BCUT2D eigenvalue weighted by molar-refractivity contribution is 5.35. The van der Waals surface area contributed by atoms with Gasteiger partial charge in [0, 0.05) is 5.56 Å². The maximum Gasteiger partial charge on any atom is 0.124 e. The van der Waals surface area contributed by atoms with E-state index >= 15 is 0 Å². The molecule has 2 heteroatoms. The zero-order valence-corrected chi connectivity index (χ0v) is 5.77. The first-order valence-electron chi connectivity index (χ1n) is 3.08. The summed E-state index contributed by atoms with van der Waals surface area (Å²) in [7, 11) is 0. The summed E-state index contributed by atoms with van der Waals surface area (Å²) < 4.78 is 24.5. The monoisotopic (exact) mass is 152 g/mol. The maximum atomic E-state index is 12.5. The Bertz CT molecular complexity index is 297. The van der Waals surface area contributed by atoms with Crippen LogP contribution in [0.3, 0.4) is 0 Å². The fraction of sp³-hybridized carbons (Fsp3) is 0.111. The Hall–Kier alpha value is -1.36. The van der Waals surface area contributed by atoms with E-state index in [1.165, 1.54) is 12.1 Å². The fourth-order valence-electron chi connectivity index (χ4n) is 0.811. The van der Waals surface area contributed by atoms with Crippen LogP contribution in [0.1, 0.15) is 11.1 Å². The van der Waals surface area contributed by atoms with Crippen molar-refractivity contribution >= 4 is 0 Å². The largest absolute Gasteiger partial charge is 0.246 e. The second-order valence-electron chi connectivity index (χ2n) is 2.13. The van der Waals surface area contributed by atoms with Crippen LogP contribution in [0, 0.1) is 18.2 Å². The first kappa shape index (κ1) is 7.74. The summed E-state index contributed by atoms with van der Waals surface area (Å²) in [5.74, 6) is 1.74. The van der Waals surface area contributed by atoms with Crippen molar-refractivity contribution in [3.63, 3.8) is 0 Å². The van der Waals surface area contributed by atoms with E-state index in [9.17, 15) is 8.78 Å². The van der Waals surface area contributed by atoms with Crippen LogP contribution in [0.2, 0.25) is 0 Å². The number of hydrogen-bond donors (Lipinski definition) is 0. The van der Waals surface area contributed by atoms with Crippen molar-refractivity contribution < 1.29 is 8.78 Å². The Morgan fingerprint density at radius 2 is 2.09 bits per heavy atom. The van der Waals surface area contributed by atoms with Gasteiger partial charge in [0.25, 0.3) is 0 Å². The van der Waals surface area contributed by atoms with Crippen LogP contribution in [0.25, 0.3) is 0 Å². The van der Waals surface area contributed by atoms with Crippen molar-refractivity contribution in [2.45, 2.75) is 6.67 Å². The van der Waals surface area contributed by atoms with Crippen molar-refractivity contribution in [3.05, 3.63) is 35.1 Å². The van der Waals surface area contributed by atoms with Gasteiger partial charge in [-0.25, -0.2) is 8.78 Å². The zero-order valence-electron chi connectivity index (χ0n) is 5.77. The molecule has 0 radical (unpaired) electrons. The highest BCUT2D eigenvalue weighted by Crippen LogP contribution is 2.08. The lowest BCUT2D eigenvalue weighted by atomic mass is 10.1. The molecule has 1 aromatic rings. The minimum atomic E-state index is -0.688. The van der Waals surface area contributed by atoms with Crippen LogP contribution in [-0.4, -0.2) is 0 Å². The van der Waals surface area contributed by atoms with Gasteiger partial charge in [0.05, 0.1) is 0 Å². The Kier molecular flexibility index (Phi) is 2.22. The summed E-state index contributed by atoms with van der Waals surface area (Å²) >= 11 is 0. The molecule has 0 aliphatic carbocycles. The van der Waals surface area contributed by atoms with Crippen molar-refractivity contribution in [2.75, 3.05) is 0 Å². The van der Waals surface area contributed by atoms with E-state index in [2.05, 4.69) is 5.92 Å². The number of alkyl halides is 1. The van der Waals surface area contributed by atoms with Gasteiger partial charge in [-0.15, -0.1) is 6.42 Å². The lowest BCUT2D eigenvalue weighted by molar-refractivity contribution is 0.482. The molecule has 1 aromatic carbocycles. The van der Waals surface area contributed by atoms with Crippen LogP contribution in [-0.2, 0) is 6.67 Å². The molecule has 0 aliphatic heterocycles. The number of hydrogen-bond acceptors (Lipinski definition) is 0. The molecule has 0 nitrogen and oxygen atoms in total. The highest BCUT2D eigenvalue weighted by atomic mass is 19.1. The highest BCUT2D eigenvalue weighted by Gasteiger charge is 1.97. The number of halogens is 2. The molecule has 0 bridgehead atoms. The summed E-state index contributed by atoms with van der Waals surface area (Å²) in [5.41, 5.74) is 0.649. The second-order valence-corrected chi connectivity index (χ2v) is 2.13. The average Bonchev–Trinajstić information content (AvgIpc) is 2.03. The number of rotatable bonds is 1. The van der Waals surface area contributed by atoms with E-state index in [1.54, 1.807) is 0 Å². The molecule has 0 atom stereocenters. The van der Waals surface area contributed by atoms with E-state index in [0.717, 1.165) is 6.07 Å². The predicted molar refractivity (Wildman–Crippen MR) is 39.1 cm³/mol. The first-order chi connectivity index (χ1) is 5.26. The molecule has 0 aromatic heterocycles. The molecule has 0 heterocycles. The van der Waals surface area contributed by atoms with E-state index in [4.69, 9.17) is 6.42 Å². The van der Waals surface area contributed by atoms with Gasteiger partial charge in [-0.3, -0.25) is 0 Å². The fourth-order valence-corrected chi connectivity index (χ4v) is 0.811. The van der Waals surface area contributed by atoms with Gasteiger partial charge in [0.2, 0.25) is 0 Å². The average molecular weight is 152 g/mol. The molecular formula is C9H6F2. The van der Waals surface area contributed by atoms with E-state index in [1.807, 2.05) is 0 Å². The third kappa shape index (κ3) is 1.78. The van der Waals surface area contributed by atoms with Crippen LogP contribution in [0.15, 0.2) is 18.2 Å². The van der Waals surface area contributed by atoms with Gasteiger partial charge >= 0.3 is 0 Å². The van der Waals surface area contributed by atoms with E-state index in [-0.39, 0.29) is 5.56 Å². The Morgan fingerprint density at radius 1 is 1.36 bits per heavy atom. The molecule has 0 amide bonds. The van der Waals surface area contributed by atoms with Crippen molar-refractivity contribution in [1.82, 2.24) is 0 Å². The van der Waals surface area contributed by atoms with E-state index < -0.39 is 12.5 Å². The smallest absolute Gasteiger partial charge is 0.124 e. The minimum absolute atomic E-state index is 0.276. The maximum absolute atomic E-state index is 12.5. The summed E-state index contributed by atoms with van der Waals surface area (Å²) in [6.45, 7) is -0.688.